The van der Waals surface area contributed by atoms with Crippen LogP contribution in [-0.2, 0) is 9.53 Å². The van der Waals surface area contributed by atoms with Crippen LogP contribution in [0, 0.1) is 12.8 Å². The van der Waals surface area contributed by atoms with Gasteiger partial charge >= 0.3 is 0 Å². The van der Waals surface area contributed by atoms with Crippen molar-refractivity contribution in [3.63, 3.8) is 0 Å². The third kappa shape index (κ3) is 3.86. The standard InChI is InChI=1S/C18H26N2O2/c1-14-12-16(8-9-19-14)17-13-20(10-11-22-17)18(21)7-6-15-4-2-3-5-15/h8-9,12,15,17H,2-7,10-11,13H2,1H3. The van der Waals surface area contributed by atoms with Gasteiger partial charge in [0.2, 0.25) is 5.91 Å². The summed E-state index contributed by atoms with van der Waals surface area (Å²) in [7, 11) is 0. The number of pyridine rings is 1. The molecule has 0 bridgehead atoms. The van der Waals surface area contributed by atoms with E-state index in [9.17, 15) is 4.79 Å². The fourth-order valence-electron chi connectivity index (χ4n) is 3.63. The number of aromatic nitrogens is 1. The van der Waals surface area contributed by atoms with Crippen molar-refractivity contribution in [3.05, 3.63) is 29.6 Å². The second kappa shape index (κ2) is 7.23. The normalized spacial score (nSPS) is 23.0. The second-order valence-electron chi connectivity index (χ2n) is 6.62. The summed E-state index contributed by atoms with van der Waals surface area (Å²) in [5.41, 5.74) is 2.12. The van der Waals surface area contributed by atoms with Gasteiger partial charge in [-0.25, -0.2) is 0 Å². The highest BCUT2D eigenvalue weighted by Crippen LogP contribution is 2.29. The van der Waals surface area contributed by atoms with Crippen molar-refractivity contribution in [2.24, 2.45) is 5.92 Å². The van der Waals surface area contributed by atoms with Crippen LogP contribution in [0.15, 0.2) is 18.3 Å². The first-order valence-corrected chi connectivity index (χ1v) is 8.54. The van der Waals surface area contributed by atoms with Gasteiger partial charge in [0.15, 0.2) is 0 Å². The van der Waals surface area contributed by atoms with Crippen LogP contribution in [0.5, 0.6) is 0 Å². The zero-order chi connectivity index (χ0) is 15.4. The van der Waals surface area contributed by atoms with Gasteiger partial charge < -0.3 is 9.64 Å². The number of morpholine rings is 1. The highest BCUT2D eigenvalue weighted by molar-refractivity contribution is 5.76. The monoisotopic (exact) mass is 302 g/mol. The summed E-state index contributed by atoms with van der Waals surface area (Å²) in [5.74, 6) is 1.08. The minimum absolute atomic E-state index is 0.00844. The van der Waals surface area contributed by atoms with Crippen molar-refractivity contribution in [1.82, 2.24) is 9.88 Å². The predicted octanol–water partition coefficient (Wildman–Crippen LogP) is 3.26. The van der Waals surface area contributed by atoms with Gasteiger partial charge in [0.1, 0.15) is 6.10 Å². The first-order chi connectivity index (χ1) is 10.7. The highest BCUT2D eigenvalue weighted by atomic mass is 16.5. The van der Waals surface area contributed by atoms with Crippen LogP contribution in [0.1, 0.15) is 55.9 Å². The molecule has 1 saturated heterocycles. The molecular weight excluding hydrogens is 276 g/mol. The Morgan fingerprint density at radius 2 is 2.23 bits per heavy atom. The Balaban J connectivity index is 1.54. The van der Waals surface area contributed by atoms with E-state index in [-0.39, 0.29) is 6.10 Å². The molecule has 4 nitrogen and oxygen atoms in total. The van der Waals surface area contributed by atoms with E-state index in [4.69, 9.17) is 4.74 Å². The molecule has 1 atom stereocenters. The van der Waals surface area contributed by atoms with Crippen LogP contribution in [0.25, 0.3) is 0 Å². The first kappa shape index (κ1) is 15.5. The third-order valence-corrected chi connectivity index (χ3v) is 4.95. The van der Waals surface area contributed by atoms with Crippen LogP contribution in [-0.4, -0.2) is 35.5 Å². The van der Waals surface area contributed by atoms with Gasteiger partial charge in [-0.2, -0.15) is 0 Å². The summed E-state index contributed by atoms with van der Waals surface area (Å²) < 4.78 is 5.86. The third-order valence-electron chi connectivity index (χ3n) is 4.95. The molecule has 120 valence electrons. The lowest BCUT2D eigenvalue weighted by atomic mass is 10.0. The van der Waals surface area contributed by atoms with E-state index >= 15 is 0 Å². The van der Waals surface area contributed by atoms with Gasteiger partial charge in [-0.3, -0.25) is 9.78 Å². The molecular formula is C18H26N2O2. The van der Waals surface area contributed by atoms with E-state index in [1.807, 2.05) is 24.1 Å². The maximum atomic E-state index is 12.5. The Morgan fingerprint density at radius 1 is 1.41 bits per heavy atom. The zero-order valence-electron chi connectivity index (χ0n) is 13.5. The number of hydrogen-bond acceptors (Lipinski definition) is 3. The fourth-order valence-corrected chi connectivity index (χ4v) is 3.63. The van der Waals surface area contributed by atoms with E-state index in [0.717, 1.165) is 30.1 Å². The number of ether oxygens (including phenoxy) is 1. The molecule has 1 aliphatic heterocycles. The van der Waals surface area contributed by atoms with Gasteiger partial charge in [-0.05, 0) is 37.0 Å². The van der Waals surface area contributed by atoms with Crippen molar-refractivity contribution >= 4 is 5.91 Å². The van der Waals surface area contributed by atoms with Crippen molar-refractivity contribution in [2.45, 2.75) is 51.6 Å². The predicted molar refractivity (Wildman–Crippen MR) is 85.4 cm³/mol. The summed E-state index contributed by atoms with van der Waals surface area (Å²) in [6.45, 7) is 4.01. The Morgan fingerprint density at radius 3 is 3.00 bits per heavy atom. The van der Waals surface area contributed by atoms with Gasteiger partial charge in [0, 0.05) is 24.9 Å². The Labute approximate surface area is 132 Å². The smallest absolute Gasteiger partial charge is 0.222 e. The second-order valence-corrected chi connectivity index (χ2v) is 6.62. The molecule has 1 aromatic rings. The van der Waals surface area contributed by atoms with Gasteiger partial charge in [-0.1, -0.05) is 25.7 Å². The van der Waals surface area contributed by atoms with Gasteiger partial charge in [0.25, 0.3) is 0 Å². The molecule has 0 spiro atoms. The number of carbonyl (C=O) groups excluding carboxylic acids is 1. The van der Waals surface area contributed by atoms with Crippen molar-refractivity contribution in [1.29, 1.82) is 0 Å². The number of hydrogen-bond donors (Lipinski definition) is 0. The first-order valence-electron chi connectivity index (χ1n) is 8.54. The average molecular weight is 302 g/mol. The van der Waals surface area contributed by atoms with E-state index in [1.54, 1.807) is 0 Å². The molecule has 2 heterocycles. The van der Waals surface area contributed by atoms with Gasteiger partial charge in [0.05, 0.1) is 13.2 Å². The molecule has 2 aliphatic rings. The molecule has 1 aliphatic carbocycles. The van der Waals surface area contributed by atoms with E-state index in [1.165, 1.54) is 25.7 Å². The van der Waals surface area contributed by atoms with Crippen LogP contribution in [0.3, 0.4) is 0 Å². The molecule has 22 heavy (non-hydrogen) atoms. The molecule has 1 aromatic heterocycles. The molecule has 3 rings (SSSR count). The number of rotatable bonds is 4. The average Bonchev–Trinajstić information content (AvgIpc) is 3.06. The highest BCUT2D eigenvalue weighted by Gasteiger charge is 2.26. The lowest BCUT2D eigenvalue weighted by Crippen LogP contribution is -2.42. The lowest BCUT2D eigenvalue weighted by Gasteiger charge is -2.33. The summed E-state index contributed by atoms with van der Waals surface area (Å²) in [4.78, 5) is 18.7. The van der Waals surface area contributed by atoms with Crippen LogP contribution in [0.2, 0.25) is 0 Å². The van der Waals surface area contributed by atoms with Crippen LogP contribution < -0.4 is 0 Å². The lowest BCUT2D eigenvalue weighted by molar-refractivity contribution is -0.139. The minimum atomic E-state index is -0.00844. The fraction of sp³-hybridized carbons (Fsp3) is 0.667. The number of amides is 1. The van der Waals surface area contributed by atoms with Crippen molar-refractivity contribution < 1.29 is 9.53 Å². The summed E-state index contributed by atoms with van der Waals surface area (Å²) in [6.07, 6.45) is 8.90. The topological polar surface area (TPSA) is 42.4 Å². The molecule has 1 amide bonds. The minimum Gasteiger partial charge on any atom is -0.370 e. The maximum absolute atomic E-state index is 12.5. The van der Waals surface area contributed by atoms with E-state index in [0.29, 0.717) is 25.5 Å². The Hall–Kier alpha value is -1.42. The Bertz CT molecular complexity index is 512. The van der Waals surface area contributed by atoms with E-state index in [2.05, 4.69) is 11.1 Å². The quantitative estimate of drug-likeness (QED) is 0.857. The number of carbonyl (C=O) groups is 1. The largest absolute Gasteiger partial charge is 0.370 e. The summed E-state index contributed by atoms with van der Waals surface area (Å²) in [5, 5.41) is 0. The Kier molecular flexibility index (Phi) is 5.08. The maximum Gasteiger partial charge on any atom is 0.222 e. The molecule has 1 unspecified atom stereocenters. The molecule has 1 saturated carbocycles. The van der Waals surface area contributed by atoms with Gasteiger partial charge in [-0.15, -0.1) is 0 Å². The summed E-state index contributed by atoms with van der Waals surface area (Å²) >= 11 is 0. The molecule has 0 radical (unpaired) electrons. The number of nitrogens with zero attached hydrogens (tertiary/aromatic N) is 2. The van der Waals surface area contributed by atoms with Crippen molar-refractivity contribution in [2.75, 3.05) is 19.7 Å². The molecule has 0 N–H and O–H groups in total. The van der Waals surface area contributed by atoms with Crippen LogP contribution >= 0.6 is 0 Å². The van der Waals surface area contributed by atoms with Crippen molar-refractivity contribution in [3.8, 4) is 0 Å². The van der Waals surface area contributed by atoms with E-state index < -0.39 is 0 Å². The number of aryl methyl sites for hydroxylation is 1. The molecule has 2 fully saturated rings. The van der Waals surface area contributed by atoms with Crippen LogP contribution in [0.4, 0.5) is 0 Å². The molecule has 4 heteroatoms. The zero-order valence-corrected chi connectivity index (χ0v) is 13.5. The summed E-state index contributed by atoms with van der Waals surface area (Å²) in [6, 6.07) is 4.04. The molecule has 0 aromatic carbocycles. The SMILES string of the molecule is Cc1cc(C2CN(C(=O)CCC3CCCC3)CCO2)ccn1.